The molecule has 2 aromatic carbocycles. The Labute approximate surface area is 141 Å². The summed E-state index contributed by atoms with van der Waals surface area (Å²) in [5, 5.41) is 0. The Morgan fingerprint density at radius 1 is 0.917 bits per heavy atom. The number of esters is 1. The van der Waals surface area contributed by atoms with E-state index in [1.165, 1.54) is 7.11 Å². The fourth-order valence-electron chi connectivity index (χ4n) is 2.31. The Hall–Kier alpha value is -2.66. The summed E-state index contributed by atoms with van der Waals surface area (Å²) in [6, 6.07) is 16.3. The molecule has 0 bridgehead atoms. The van der Waals surface area contributed by atoms with Gasteiger partial charge < -0.3 is 14.4 Å². The summed E-state index contributed by atoms with van der Waals surface area (Å²) in [5.41, 5.74) is 1.99. The zero-order chi connectivity index (χ0) is 17.4. The second kappa shape index (κ2) is 8.84. The lowest BCUT2D eigenvalue weighted by atomic mass is 10.1. The Morgan fingerprint density at radius 3 is 2.12 bits per heavy atom. The quantitative estimate of drug-likeness (QED) is 0.734. The molecule has 0 saturated heterocycles. The number of hydrogen-bond donors (Lipinski definition) is 0. The van der Waals surface area contributed by atoms with Crippen molar-refractivity contribution in [1.82, 2.24) is 4.90 Å². The van der Waals surface area contributed by atoms with E-state index < -0.39 is 5.97 Å². The van der Waals surface area contributed by atoms with Crippen molar-refractivity contribution in [2.45, 2.75) is 6.54 Å². The summed E-state index contributed by atoms with van der Waals surface area (Å²) in [5.74, 6) is -0.526. The van der Waals surface area contributed by atoms with Crippen LogP contribution in [0.25, 0.3) is 0 Å². The number of carbonyl (C=O) groups excluding carboxylic acids is 2. The third kappa shape index (κ3) is 4.67. The van der Waals surface area contributed by atoms with Crippen molar-refractivity contribution >= 4 is 11.9 Å². The zero-order valence-electron chi connectivity index (χ0n) is 13.9. The summed E-state index contributed by atoms with van der Waals surface area (Å²) in [4.78, 5) is 26.0. The highest BCUT2D eigenvalue weighted by molar-refractivity contribution is 5.96. The lowest BCUT2D eigenvalue weighted by molar-refractivity contribution is 0.0599. The summed E-state index contributed by atoms with van der Waals surface area (Å²) >= 11 is 0. The van der Waals surface area contributed by atoms with Crippen molar-refractivity contribution in [3.8, 4) is 0 Å². The van der Waals surface area contributed by atoms with Gasteiger partial charge in [0.25, 0.3) is 5.91 Å². The number of hydrogen-bond acceptors (Lipinski definition) is 4. The average molecular weight is 327 g/mol. The SMILES string of the molecule is COCCN(Cc1ccccc1)C(=O)c1ccc(C(=O)OC)cc1. The van der Waals surface area contributed by atoms with E-state index in [1.807, 2.05) is 30.3 Å². The summed E-state index contributed by atoms with van der Waals surface area (Å²) in [6.07, 6.45) is 0. The molecular formula is C19H21NO4. The highest BCUT2D eigenvalue weighted by Gasteiger charge is 2.16. The lowest BCUT2D eigenvalue weighted by Gasteiger charge is -2.22. The predicted molar refractivity (Wildman–Crippen MR) is 90.8 cm³/mol. The van der Waals surface area contributed by atoms with E-state index in [2.05, 4.69) is 4.74 Å². The third-order valence-corrected chi connectivity index (χ3v) is 3.62. The first-order chi connectivity index (χ1) is 11.7. The van der Waals surface area contributed by atoms with E-state index >= 15 is 0 Å². The van der Waals surface area contributed by atoms with Crippen molar-refractivity contribution in [3.63, 3.8) is 0 Å². The number of nitrogens with zero attached hydrogens (tertiary/aromatic N) is 1. The fourth-order valence-corrected chi connectivity index (χ4v) is 2.31. The normalized spacial score (nSPS) is 10.2. The van der Waals surface area contributed by atoms with Crippen LogP contribution >= 0.6 is 0 Å². The molecular weight excluding hydrogens is 306 g/mol. The van der Waals surface area contributed by atoms with E-state index in [9.17, 15) is 9.59 Å². The molecule has 0 radical (unpaired) electrons. The van der Waals surface area contributed by atoms with Crippen LogP contribution < -0.4 is 0 Å². The van der Waals surface area contributed by atoms with Gasteiger partial charge in [-0.3, -0.25) is 4.79 Å². The van der Waals surface area contributed by atoms with E-state index in [4.69, 9.17) is 4.74 Å². The minimum absolute atomic E-state index is 0.104. The molecule has 0 heterocycles. The molecule has 0 aromatic heterocycles. The molecule has 1 amide bonds. The second-order valence-corrected chi connectivity index (χ2v) is 5.27. The lowest BCUT2D eigenvalue weighted by Crippen LogP contribution is -2.33. The first-order valence-corrected chi connectivity index (χ1v) is 7.66. The summed E-state index contributed by atoms with van der Waals surface area (Å²) in [6.45, 7) is 1.45. The summed E-state index contributed by atoms with van der Waals surface area (Å²) < 4.78 is 9.77. The van der Waals surface area contributed by atoms with Crippen molar-refractivity contribution in [2.24, 2.45) is 0 Å². The number of benzene rings is 2. The first-order valence-electron chi connectivity index (χ1n) is 7.66. The van der Waals surface area contributed by atoms with Gasteiger partial charge in [0.05, 0.1) is 19.3 Å². The van der Waals surface area contributed by atoms with Crippen LogP contribution in [0.3, 0.4) is 0 Å². The summed E-state index contributed by atoms with van der Waals surface area (Å²) in [7, 11) is 2.93. The zero-order valence-corrected chi connectivity index (χ0v) is 13.9. The molecule has 0 atom stereocenters. The fraction of sp³-hybridized carbons (Fsp3) is 0.263. The van der Waals surface area contributed by atoms with Gasteiger partial charge in [-0.05, 0) is 29.8 Å². The van der Waals surface area contributed by atoms with Gasteiger partial charge in [0.1, 0.15) is 0 Å². The Bertz CT molecular complexity index is 668. The van der Waals surface area contributed by atoms with Gasteiger partial charge in [-0.1, -0.05) is 30.3 Å². The number of amides is 1. The number of methoxy groups -OCH3 is 2. The minimum Gasteiger partial charge on any atom is -0.465 e. The molecule has 0 aliphatic rings. The number of carbonyl (C=O) groups is 2. The Morgan fingerprint density at radius 2 is 1.54 bits per heavy atom. The monoisotopic (exact) mass is 327 g/mol. The molecule has 0 fully saturated rings. The van der Waals surface area contributed by atoms with Crippen LogP contribution in [0.2, 0.25) is 0 Å². The average Bonchev–Trinajstić information content (AvgIpc) is 2.65. The molecule has 0 aliphatic heterocycles. The molecule has 0 N–H and O–H groups in total. The molecule has 5 nitrogen and oxygen atoms in total. The van der Waals surface area contributed by atoms with Crippen LogP contribution in [-0.2, 0) is 16.0 Å². The molecule has 2 aromatic rings. The molecule has 0 unspecified atom stereocenters. The molecule has 24 heavy (non-hydrogen) atoms. The maximum atomic E-state index is 12.8. The van der Waals surface area contributed by atoms with Crippen molar-refractivity contribution < 1.29 is 19.1 Å². The molecule has 0 spiro atoms. The van der Waals surface area contributed by atoms with Crippen molar-refractivity contribution in [2.75, 3.05) is 27.4 Å². The standard InChI is InChI=1S/C19H21NO4/c1-23-13-12-20(14-15-6-4-3-5-7-15)18(21)16-8-10-17(11-9-16)19(22)24-2/h3-11H,12-14H2,1-2H3. The van der Waals surface area contributed by atoms with E-state index in [1.54, 1.807) is 36.3 Å². The van der Waals surface area contributed by atoms with Gasteiger partial charge in [0.15, 0.2) is 0 Å². The smallest absolute Gasteiger partial charge is 0.337 e. The van der Waals surface area contributed by atoms with Gasteiger partial charge in [-0.25, -0.2) is 4.79 Å². The maximum Gasteiger partial charge on any atom is 0.337 e. The largest absolute Gasteiger partial charge is 0.465 e. The maximum absolute atomic E-state index is 12.8. The van der Waals surface area contributed by atoms with Crippen molar-refractivity contribution in [1.29, 1.82) is 0 Å². The molecule has 5 heteroatoms. The van der Waals surface area contributed by atoms with Gasteiger partial charge in [-0.15, -0.1) is 0 Å². The Balaban J connectivity index is 2.15. The number of rotatable bonds is 7. The third-order valence-electron chi connectivity index (χ3n) is 3.62. The Kier molecular flexibility index (Phi) is 6.51. The molecule has 0 saturated carbocycles. The molecule has 126 valence electrons. The molecule has 2 rings (SSSR count). The minimum atomic E-state index is -0.422. The van der Waals surface area contributed by atoms with Gasteiger partial charge in [0.2, 0.25) is 0 Å². The van der Waals surface area contributed by atoms with E-state index in [0.717, 1.165) is 5.56 Å². The topological polar surface area (TPSA) is 55.8 Å². The van der Waals surface area contributed by atoms with Crippen LogP contribution in [0.5, 0.6) is 0 Å². The second-order valence-electron chi connectivity index (χ2n) is 5.27. The van der Waals surface area contributed by atoms with E-state index in [0.29, 0.717) is 30.8 Å². The van der Waals surface area contributed by atoms with Gasteiger partial charge >= 0.3 is 5.97 Å². The predicted octanol–water partition coefficient (Wildman–Crippen LogP) is 2.76. The first kappa shape index (κ1) is 17.7. The van der Waals surface area contributed by atoms with Crippen LogP contribution in [-0.4, -0.2) is 44.1 Å². The highest BCUT2D eigenvalue weighted by Crippen LogP contribution is 2.12. The van der Waals surface area contributed by atoms with Crippen LogP contribution in [0.4, 0.5) is 0 Å². The van der Waals surface area contributed by atoms with Crippen molar-refractivity contribution in [3.05, 3.63) is 71.3 Å². The van der Waals surface area contributed by atoms with Crippen LogP contribution in [0, 0.1) is 0 Å². The van der Waals surface area contributed by atoms with Crippen LogP contribution in [0.15, 0.2) is 54.6 Å². The highest BCUT2D eigenvalue weighted by atomic mass is 16.5. The van der Waals surface area contributed by atoms with Gasteiger partial charge in [0, 0.05) is 25.8 Å². The molecule has 0 aliphatic carbocycles. The number of ether oxygens (including phenoxy) is 2. The van der Waals surface area contributed by atoms with Gasteiger partial charge in [-0.2, -0.15) is 0 Å². The van der Waals surface area contributed by atoms with E-state index in [-0.39, 0.29) is 5.91 Å². The van der Waals surface area contributed by atoms with Crippen LogP contribution in [0.1, 0.15) is 26.3 Å².